The molecular weight excluding hydrogens is 1150 g/mol. The maximum Gasteiger partial charge on any atom is 0.326 e. The molecule has 0 aromatic heterocycles. The van der Waals surface area contributed by atoms with Crippen LogP contribution in [-0.2, 0) is 57.4 Å². The van der Waals surface area contributed by atoms with Crippen molar-refractivity contribution in [1.82, 2.24) is 21.3 Å². The average Bonchev–Trinajstić information content (AvgIpc) is 3.71. The number of carbonyl (C=O) groups is 10. The summed E-state index contributed by atoms with van der Waals surface area (Å²) >= 11 is 1.12. The Labute approximate surface area is 534 Å². The lowest BCUT2D eigenvalue weighted by atomic mass is 10.0. The first-order valence-electron chi connectivity index (χ1n) is 34.8. The van der Waals surface area contributed by atoms with E-state index in [1.54, 1.807) is 0 Å². The molecule has 20 nitrogen and oxygen atoms in total. The van der Waals surface area contributed by atoms with Crippen LogP contribution in [0.1, 0.15) is 316 Å². The summed E-state index contributed by atoms with van der Waals surface area (Å²) < 4.78 is 18.5. The largest absolute Gasteiger partial charge is 0.481 e. The predicted octanol–water partition coefficient (Wildman–Crippen LogP) is 13.5. The van der Waals surface area contributed by atoms with Crippen LogP contribution in [0, 0.1) is 0 Å². The molecule has 0 radical (unpaired) electrons. The highest BCUT2D eigenvalue weighted by atomic mass is 32.2. The Bertz CT molecular complexity index is 1920. The second-order valence-corrected chi connectivity index (χ2v) is 25.1. The standard InChI is InChI=1S/C67H120N4O16S/c1-4-7-10-13-16-19-22-24-27-30-33-36-39-42-62(79)86-50-53(87-63(80)43-40-37-34-31-28-25-23-20-17-14-11-8-5-2)51-88-52-57(68-58(72)41-38-35-32-29-26-21-18-15-12-9-6-3)66(83)70-54(44-47-59(73)74)64(81)69-55(45-48-60(75)76)65(82)71-56(67(84)85)46-49-61(77)78/h53-57H,4-52H2,1-3H3,(H,68,72)(H,69,81)(H,70,83)(H,71,82)(H,73,74)(H,75,76)(H,77,78)(H,84,85)/t53-,54-,55+,56+,57?/m1/s1/i/hD. The number of thioether (sulfide) groups is 1. The van der Waals surface area contributed by atoms with Gasteiger partial charge in [0.1, 0.15) is 36.9 Å². The molecule has 0 saturated carbocycles. The zero-order chi connectivity index (χ0) is 66.0. The lowest BCUT2D eigenvalue weighted by molar-refractivity contribution is -0.157. The van der Waals surface area contributed by atoms with Crippen molar-refractivity contribution >= 4 is 71.2 Å². The van der Waals surface area contributed by atoms with Crippen molar-refractivity contribution in [3.8, 4) is 0 Å². The molecule has 0 rings (SSSR count). The van der Waals surface area contributed by atoms with Gasteiger partial charge in [-0.1, -0.05) is 239 Å². The highest BCUT2D eigenvalue weighted by molar-refractivity contribution is 7.99. The molecule has 510 valence electrons. The van der Waals surface area contributed by atoms with Crippen LogP contribution in [0.4, 0.5) is 0 Å². The topological polar surface area (TPSA) is 318 Å². The van der Waals surface area contributed by atoms with Crippen LogP contribution in [0.3, 0.4) is 0 Å². The summed E-state index contributed by atoms with van der Waals surface area (Å²) in [6.07, 6.45) is 37.5. The molecule has 0 aliphatic carbocycles. The fraction of sp³-hybridized carbons (Fsp3) is 0.851. The molecule has 4 amide bonds. The molecule has 0 aromatic carbocycles. The van der Waals surface area contributed by atoms with E-state index in [1.165, 1.54) is 141 Å². The summed E-state index contributed by atoms with van der Waals surface area (Å²) in [5.74, 6) is -10.0. The van der Waals surface area contributed by atoms with Gasteiger partial charge in [0, 0.05) is 50.0 Å². The highest BCUT2D eigenvalue weighted by Crippen LogP contribution is 2.19. The van der Waals surface area contributed by atoms with Gasteiger partial charge in [0.25, 0.3) is 1.43 Å². The fourth-order valence-electron chi connectivity index (χ4n) is 10.3. The van der Waals surface area contributed by atoms with Gasteiger partial charge in [-0.05, 0) is 38.5 Å². The molecule has 0 heterocycles. The molecule has 0 spiro atoms. The summed E-state index contributed by atoms with van der Waals surface area (Å²) in [6, 6.07) is -6.48. The highest BCUT2D eigenvalue weighted by Gasteiger charge is 2.33. The Morgan fingerprint density at radius 2 is 0.682 bits per heavy atom. The van der Waals surface area contributed by atoms with Crippen LogP contribution < -0.4 is 21.3 Å². The summed E-state index contributed by atoms with van der Waals surface area (Å²) in [5.41, 5.74) is 0. The second-order valence-electron chi connectivity index (χ2n) is 24.0. The van der Waals surface area contributed by atoms with Gasteiger partial charge in [0.05, 0.1) is 0 Å². The monoisotopic (exact) mass is 1270 g/mol. The minimum absolute atomic E-state index is 0.0406. The number of amides is 4. The lowest BCUT2D eigenvalue weighted by Gasteiger charge is -2.26. The van der Waals surface area contributed by atoms with Gasteiger partial charge in [-0.25, -0.2) is 4.79 Å². The van der Waals surface area contributed by atoms with Crippen LogP contribution >= 0.6 is 11.8 Å². The van der Waals surface area contributed by atoms with Gasteiger partial charge in [0.2, 0.25) is 23.6 Å². The van der Waals surface area contributed by atoms with E-state index in [-0.39, 0.29) is 37.4 Å². The summed E-state index contributed by atoms with van der Waals surface area (Å²) in [6.45, 7) is 6.39. The Balaban J connectivity index is 6.33. The van der Waals surface area contributed by atoms with E-state index in [0.29, 0.717) is 19.3 Å². The number of unbranched alkanes of at least 4 members (excludes halogenated alkanes) is 34. The van der Waals surface area contributed by atoms with Gasteiger partial charge in [0.15, 0.2) is 0 Å². The van der Waals surface area contributed by atoms with Crippen molar-refractivity contribution < 1.29 is 77.8 Å². The first kappa shape index (κ1) is 81.1. The summed E-state index contributed by atoms with van der Waals surface area (Å²) in [7, 11) is 0. The number of carboxylic acids is 4. The number of aliphatic carboxylic acids is 4. The van der Waals surface area contributed by atoms with Crippen molar-refractivity contribution in [2.75, 3.05) is 18.1 Å². The third kappa shape index (κ3) is 51.9. The minimum atomic E-state index is -1.73. The molecular formula is C67H120N4O16S. The number of carboxylic acid groups (broad SMARTS) is 4. The van der Waals surface area contributed by atoms with Gasteiger partial charge in [-0.3, -0.25) is 43.2 Å². The van der Waals surface area contributed by atoms with E-state index < -0.39 is 128 Å². The quantitative estimate of drug-likeness (QED) is 0.0207. The van der Waals surface area contributed by atoms with Gasteiger partial charge >= 0.3 is 35.8 Å². The lowest BCUT2D eigenvalue weighted by Crippen LogP contribution is -2.58. The first-order chi connectivity index (χ1) is 43.0. The molecule has 1 unspecified atom stereocenters. The Kier molecular flexibility index (Phi) is 53.8. The predicted molar refractivity (Wildman–Crippen MR) is 346 cm³/mol. The molecule has 0 aliphatic heterocycles. The zero-order valence-corrected chi connectivity index (χ0v) is 55.4. The fourth-order valence-corrected chi connectivity index (χ4v) is 11.4. The van der Waals surface area contributed by atoms with Crippen molar-refractivity contribution in [3.63, 3.8) is 0 Å². The third-order valence-corrected chi connectivity index (χ3v) is 16.9. The summed E-state index contributed by atoms with van der Waals surface area (Å²) in [4.78, 5) is 129. The summed E-state index contributed by atoms with van der Waals surface area (Å²) in [5, 5.41) is 42.2. The smallest absolute Gasteiger partial charge is 0.326 e. The molecule has 8 N–H and O–H groups in total. The average molecular weight is 1270 g/mol. The van der Waals surface area contributed by atoms with Crippen LogP contribution in [0.25, 0.3) is 1.43 Å². The molecule has 88 heavy (non-hydrogen) atoms. The molecule has 0 aromatic rings. The van der Waals surface area contributed by atoms with E-state index in [4.69, 9.17) is 16.0 Å². The number of hydrogen-bond acceptors (Lipinski definition) is 14. The molecule has 5 atom stereocenters. The Morgan fingerprint density at radius 1 is 0.364 bits per heavy atom. The number of nitrogens with one attached hydrogen (secondary N) is 4. The van der Waals surface area contributed by atoms with Gasteiger partial charge in [-0.15, -0.1) is 0 Å². The Morgan fingerprint density at radius 3 is 1.05 bits per heavy atom. The van der Waals surface area contributed by atoms with E-state index >= 15 is 0 Å². The van der Waals surface area contributed by atoms with Crippen molar-refractivity contribution in [2.24, 2.45) is 0 Å². The number of esters is 2. The number of ether oxygens (including phenoxy) is 2. The molecule has 0 fully saturated rings. The van der Waals surface area contributed by atoms with Crippen molar-refractivity contribution in [2.45, 2.75) is 346 Å². The van der Waals surface area contributed by atoms with E-state index in [1.807, 2.05) is 0 Å². The molecule has 21 heteroatoms. The third-order valence-electron chi connectivity index (χ3n) is 15.8. The molecule has 0 saturated heterocycles. The Hall–Kier alpha value is -4.95. The normalized spacial score (nSPS) is 13.0. The first-order valence-corrected chi connectivity index (χ1v) is 35.6. The van der Waals surface area contributed by atoms with E-state index in [0.717, 1.165) is 88.8 Å². The van der Waals surface area contributed by atoms with E-state index in [2.05, 4.69) is 47.1 Å². The van der Waals surface area contributed by atoms with Crippen LogP contribution in [0.5, 0.6) is 0 Å². The van der Waals surface area contributed by atoms with Crippen LogP contribution in [0.2, 0.25) is 0 Å². The van der Waals surface area contributed by atoms with Crippen LogP contribution in [0.15, 0.2) is 0 Å². The number of rotatable bonds is 64. The maximum absolute atomic E-state index is 14.4. The van der Waals surface area contributed by atoms with Gasteiger partial charge in [-0.2, -0.15) is 11.8 Å². The minimum Gasteiger partial charge on any atom is -0.481 e. The SMILES string of the molecule is [2H]OC(=O)CC[C@H](NC(=O)[C@@H](CCC(=O)O)NC(=O)C(CSC[C@@H](COC(=O)CCCCCCCCCCCCCCC)OC(=O)CCCCCCCCCCCCCCC)NC(=O)CCCCCCCCCCCCC)C(=O)N[C@@H](CCC(=O)O)C(=O)O. The van der Waals surface area contributed by atoms with E-state index in [9.17, 15) is 58.2 Å². The maximum atomic E-state index is 14.4. The molecule has 0 bridgehead atoms. The van der Waals surface area contributed by atoms with Crippen molar-refractivity contribution in [3.05, 3.63) is 0 Å². The van der Waals surface area contributed by atoms with Gasteiger partial charge < -0.3 is 51.2 Å². The molecule has 0 aliphatic rings. The number of hydrogen-bond donors (Lipinski definition) is 8. The van der Waals surface area contributed by atoms with Crippen molar-refractivity contribution in [1.29, 1.82) is 1.43 Å². The zero-order valence-electron chi connectivity index (χ0n) is 55.6. The number of carbonyl (C=O) groups excluding carboxylic acids is 6. The second kappa shape index (κ2) is 58.4. The van der Waals surface area contributed by atoms with Crippen LogP contribution in [-0.4, -0.2) is 128 Å².